The standard InChI is InChI=1S/C22H26N4O3/c1-4-8-18-19(22(28)29-3)15(2)25-20(18)21(27)23-13-16-9-5-6-10-17(16)14-26-12-7-11-24-26/h5-7,9-12,25H,4,8,13-14H2,1-3H3,(H,23,27). The summed E-state index contributed by atoms with van der Waals surface area (Å²) in [6.07, 6.45) is 5.08. The number of aromatic amines is 1. The van der Waals surface area contributed by atoms with Crippen LogP contribution in [0.4, 0.5) is 0 Å². The molecule has 0 spiro atoms. The second kappa shape index (κ2) is 9.23. The van der Waals surface area contributed by atoms with Gasteiger partial charge in [0.1, 0.15) is 5.69 Å². The molecule has 7 heteroatoms. The Kier molecular flexibility index (Phi) is 6.49. The number of hydrogen-bond acceptors (Lipinski definition) is 4. The molecule has 0 aliphatic rings. The van der Waals surface area contributed by atoms with Crippen LogP contribution >= 0.6 is 0 Å². The van der Waals surface area contributed by atoms with E-state index in [1.807, 2.05) is 48.1 Å². The van der Waals surface area contributed by atoms with Crippen LogP contribution in [0.1, 0.15) is 56.6 Å². The van der Waals surface area contributed by atoms with E-state index in [0.717, 1.165) is 17.5 Å². The van der Waals surface area contributed by atoms with Crippen molar-refractivity contribution in [2.75, 3.05) is 7.11 Å². The number of carbonyl (C=O) groups is 2. The van der Waals surface area contributed by atoms with Gasteiger partial charge in [-0.25, -0.2) is 4.79 Å². The van der Waals surface area contributed by atoms with E-state index in [4.69, 9.17) is 4.74 Å². The predicted molar refractivity (Wildman–Crippen MR) is 110 cm³/mol. The van der Waals surface area contributed by atoms with Crippen LogP contribution in [0.5, 0.6) is 0 Å². The lowest BCUT2D eigenvalue weighted by Gasteiger charge is -2.11. The van der Waals surface area contributed by atoms with Gasteiger partial charge in [-0.15, -0.1) is 0 Å². The van der Waals surface area contributed by atoms with E-state index in [2.05, 4.69) is 15.4 Å². The van der Waals surface area contributed by atoms with Crippen LogP contribution in [0, 0.1) is 6.92 Å². The van der Waals surface area contributed by atoms with Gasteiger partial charge in [-0.1, -0.05) is 37.6 Å². The molecule has 1 amide bonds. The van der Waals surface area contributed by atoms with E-state index in [9.17, 15) is 9.59 Å². The number of nitrogens with zero attached hydrogens (tertiary/aromatic N) is 2. The highest BCUT2D eigenvalue weighted by Gasteiger charge is 2.24. The van der Waals surface area contributed by atoms with E-state index >= 15 is 0 Å². The topological polar surface area (TPSA) is 89.0 Å². The number of carbonyl (C=O) groups excluding carboxylic acids is 2. The summed E-state index contributed by atoms with van der Waals surface area (Å²) in [6.45, 7) is 4.81. The molecule has 0 saturated heterocycles. The van der Waals surface area contributed by atoms with Crippen LogP contribution in [-0.2, 0) is 24.2 Å². The summed E-state index contributed by atoms with van der Waals surface area (Å²) >= 11 is 0. The lowest BCUT2D eigenvalue weighted by atomic mass is 10.0. The monoisotopic (exact) mass is 394 g/mol. The number of aryl methyl sites for hydroxylation is 1. The fourth-order valence-electron chi connectivity index (χ4n) is 3.47. The van der Waals surface area contributed by atoms with Crippen molar-refractivity contribution in [3.05, 3.63) is 76.4 Å². The molecule has 0 atom stereocenters. The third-order valence-corrected chi connectivity index (χ3v) is 4.86. The molecule has 0 saturated carbocycles. The molecule has 7 nitrogen and oxygen atoms in total. The Balaban J connectivity index is 1.79. The lowest BCUT2D eigenvalue weighted by molar-refractivity contribution is 0.0599. The molecule has 0 unspecified atom stereocenters. The molecule has 3 rings (SSSR count). The Bertz CT molecular complexity index is 990. The molecule has 0 aliphatic heterocycles. The molecule has 2 heterocycles. The third kappa shape index (κ3) is 4.56. The van der Waals surface area contributed by atoms with Crippen LogP contribution in [0.25, 0.3) is 0 Å². The first-order chi connectivity index (χ1) is 14.0. The first kappa shape index (κ1) is 20.4. The Labute approximate surface area is 170 Å². The van der Waals surface area contributed by atoms with E-state index in [1.54, 1.807) is 13.1 Å². The minimum atomic E-state index is -0.425. The summed E-state index contributed by atoms with van der Waals surface area (Å²) < 4.78 is 6.74. The largest absolute Gasteiger partial charge is 0.465 e. The SMILES string of the molecule is CCCc1c(C(=O)NCc2ccccc2Cn2cccn2)[nH]c(C)c1C(=O)OC. The van der Waals surface area contributed by atoms with Crippen LogP contribution in [0.15, 0.2) is 42.7 Å². The summed E-state index contributed by atoms with van der Waals surface area (Å²) in [6, 6.07) is 9.82. The Morgan fingerprint density at radius 3 is 2.62 bits per heavy atom. The van der Waals surface area contributed by atoms with Gasteiger partial charge in [0.05, 0.1) is 19.2 Å². The summed E-state index contributed by atoms with van der Waals surface area (Å²) in [5.74, 6) is -0.661. The van der Waals surface area contributed by atoms with Gasteiger partial charge in [-0.2, -0.15) is 5.10 Å². The smallest absolute Gasteiger partial charge is 0.339 e. The maximum atomic E-state index is 12.9. The van der Waals surface area contributed by atoms with Gasteiger partial charge >= 0.3 is 5.97 Å². The Morgan fingerprint density at radius 2 is 1.97 bits per heavy atom. The molecule has 2 N–H and O–H groups in total. The number of H-pyrrole nitrogens is 1. The Hall–Kier alpha value is -3.35. The van der Waals surface area contributed by atoms with Crippen molar-refractivity contribution in [2.24, 2.45) is 0 Å². The number of benzene rings is 1. The molecule has 0 fully saturated rings. The van der Waals surface area contributed by atoms with Gasteiger partial charge < -0.3 is 15.0 Å². The highest BCUT2D eigenvalue weighted by molar-refractivity contribution is 6.00. The van der Waals surface area contributed by atoms with E-state index in [1.165, 1.54) is 7.11 Å². The van der Waals surface area contributed by atoms with Crippen molar-refractivity contribution in [3.63, 3.8) is 0 Å². The third-order valence-electron chi connectivity index (χ3n) is 4.86. The van der Waals surface area contributed by atoms with Crippen molar-refractivity contribution < 1.29 is 14.3 Å². The van der Waals surface area contributed by atoms with Gasteiger partial charge in [0.2, 0.25) is 0 Å². The zero-order valence-electron chi connectivity index (χ0n) is 17.0. The van der Waals surface area contributed by atoms with Gasteiger partial charge in [-0.05, 0) is 36.1 Å². The number of esters is 1. The molecule has 0 aliphatic carbocycles. The number of amides is 1. The number of hydrogen-bond donors (Lipinski definition) is 2. The average molecular weight is 394 g/mol. The molecule has 0 radical (unpaired) electrons. The number of aromatic nitrogens is 3. The van der Waals surface area contributed by atoms with Crippen molar-refractivity contribution in [1.82, 2.24) is 20.1 Å². The van der Waals surface area contributed by atoms with Crippen LogP contribution in [0.2, 0.25) is 0 Å². The summed E-state index contributed by atoms with van der Waals surface area (Å²) in [4.78, 5) is 28.1. The highest BCUT2D eigenvalue weighted by atomic mass is 16.5. The van der Waals surface area contributed by atoms with Crippen LogP contribution in [0.3, 0.4) is 0 Å². The van der Waals surface area contributed by atoms with Gasteiger partial charge in [0.25, 0.3) is 5.91 Å². The first-order valence-electron chi connectivity index (χ1n) is 9.67. The summed E-state index contributed by atoms with van der Waals surface area (Å²) in [7, 11) is 1.35. The molecule has 152 valence electrons. The van der Waals surface area contributed by atoms with Gasteiger partial charge in [-0.3, -0.25) is 9.48 Å². The molecular weight excluding hydrogens is 368 g/mol. The fourth-order valence-corrected chi connectivity index (χ4v) is 3.47. The minimum Gasteiger partial charge on any atom is -0.465 e. The van der Waals surface area contributed by atoms with E-state index in [0.29, 0.717) is 42.0 Å². The molecule has 0 bridgehead atoms. The second-order valence-corrected chi connectivity index (χ2v) is 6.88. The van der Waals surface area contributed by atoms with Gasteiger partial charge in [0.15, 0.2) is 0 Å². The number of methoxy groups -OCH3 is 1. The van der Waals surface area contributed by atoms with Crippen molar-refractivity contribution in [2.45, 2.75) is 39.8 Å². The Morgan fingerprint density at radius 1 is 1.21 bits per heavy atom. The maximum absolute atomic E-state index is 12.9. The van der Waals surface area contributed by atoms with E-state index in [-0.39, 0.29) is 5.91 Å². The number of ether oxygens (including phenoxy) is 1. The zero-order chi connectivity index (χ0) is 20.8. The number of rotatable bonds is 8. The van der Waals surface area contributed by atoms with Crippen LogP contribution < -0.4 is 5.32 Å². The average Bonchev–Trinajstić information content (AvgIpc) is 3.34. The molecule has 1 aromatic carbocycles. The highest BCUT2D eigenvalue weighted by Crippen LogP contribution is 2.22. The summed E-state index contributed by atoms with van der Waals surface area (Å²) in [5.41, 5.74) is 4.34. The quantitative estimate of drug-likeness (QED) is 0.574. The van der Waals surface area contributed by atoms with Gasteiger partial charge in [0, 0.05) is 24.6 Å². The van der Waals surface area contributed by atoms with Crippen molar-refractivity contribution in [1.29, 1.82) is 0 Å². The van der Waals surface area contributed by atoms with Crippen molar-refractivity contribution in [3.8, 4) is 0 Å². The maximum Gasteiger partial charge on any atom is 0.339 e. The number of nitrogens with one attached hydrogen (secondary N) is 2. The predicted octanol–water partition coefficient (Wildman–Crippen LogP) is 3.24. The minimum absolute atomic E-state index is 0.236. The normalized spacial score (nSPS) is 10.7. The molecular formula is C22H26N4O3. The second-order valence-electron chi connectivity index (χ2n) is 6.88. The van der Waals surface area contributed by atoms with E-state index < -0.39 is 5.97 Å². The molecule has 2 aromatic heterocycles. The summed E-state index contributed by atoms with van der Waals surface area (Å²) in [5, 5.41) is 7.22. The fraction of sp³-hybridized carbons (Fsp3) is 0.318. The molecule has 3 aromatic rings. The lowest BCUT2D eigenvalue weighted by Crippen LogP contribution is -2.25. The molecule has 29 heavy (non-hydrogen) atoms. The first-order valence-corrected chi connectivity index (χ1v) is 9.67. The zero-order valence-corrected chi connectivity index (χ0v) is 17.0. The van der Waals surface area contributed by atoms with Crippen molar-refractivity contribution >= 4 is 11.9 Å². The van der Waals surface area contributed by atoms with Crippen LogP contribution in [-0.4, -0.2) is 33.8 Å².